The summed E-state index contributed by atoms with van der Waals surface area (Å²) in [5.41, 5.74) is 1.25. The van der Waals surface area contributed by atoms with Gasteiger partial charge in [0, 0.05) is 21.4 Å². The molecule has 0 saturated carbocycles. The Balaban J connectivity index is 2.66. The van der Waals surface area contributed by atoms with Gasteiger partial charge in [0.05, 0.1) is 7.11 Å². The van der Waals surface area contributed by atoms with Crippen molar-refractivity contribution >= 4 is 39.3 Å². The summed E-state index contributed by atoms with van der Waals surface area (Å²) in [6, 6.07) is 6.02. The van der Waals surface area contributed by atoms with Crippen molar-refractivity contribution in [2.24, 2.45) is 0 Å². The van der Waals surface area contributed by atoms with Crippen molar-refractivity contribution in [3.8, 4) is 5.75 Å². The van der Waals surface area contributed by atoms with E-state index in [2.05, 4.69) is 28.9 Å². The SMILES string of the molecule is COc1ccc(Br)c(CSC(C)CCl)c1. The molecule has 1 unspecified atom stereocenters. The van der Waals surface area contributed by atoms with Crippen LogP contribution >= 0.6 is 39.3 Å². The third-order valence-corrected chi connectivity index (χ3v) is 4.63. The van der Waals surface area contributed by atoms with Crippen molar-refractivity contribution in [2.75, 3.05) is 13.0 Å². The van der Waals surface area contributed by atoms with Crippen molar-refractivity contribution in [1.29, 1.82) is 0 Å². The number of rotatable bonds is 5. The number of methoxy groups -OCH3 is 1. The van der Waals surface area contributed by atoms with Gasteiger partial charge in [0.15, 0.2) is 0 Å². The summed E-state index contributed by atoms with van der Waals surface area (Å²) >= 11 is 11.1. The lowest BCUT2D eigenvalue weighted by atomic mass is 10.2. The van der Waals surface area contributed by atoms with Crippen LogP contribution in [0.1, 0.15) is 12.5 Å². The highest BCUT2D eigenvalue weighted by Crippen LogP contribution is 2.27. The van der Waals surface area contributed by atoms with Gasteiger partial charge in [0.1, 0.15) is 5.75 Å². The second kappa shape index (κ2) is 6.66. The van der Waals surface area contributed by atoms with Gasteiger partial charge in [0.25, 0.3) is 0 Å². The molecular weight excluding hydrogens is 296 g/mol. The molecule has 0 heterocycles. The van der Waals surface area contributed by atoms with E-state index in [0.29, 0.717) is 11.1 Å². The summed E-state index contributed by atoms with van der Waals surface area (Å²) in [7, 11) is 1.68. The molecule has 1 nitrogen and oxygen atoms in total. The van der Waals surface area contributed by atoms with Gasteiger partial charge < -0.3 is 4.74 Å². The summed E-state index contributed by atoms with van der Waals surface area (Å²) < 4.78 is 6.31. The Morgan fingerprint density at radius 1 is 1.53 bits per heavy atom. The number of benzene rings is 1. The monoisotopic (exact) mass is 308 g/mol. The lowest BCUT2D eigenvalue weighted by molar-refractivity contribution is 0.414. The van der Waals surface area contributed by atoms with E-state index < -0.39 is 0 Å². The average Bonchev–Trinajstić information content (AvgIpc) is 2.27. The Bertz CT molecular complexity index is 319. The number of alkyl halides is 1. The van der Waals surface area contributed by atoms with Crippen LogP contribution < -0.4 is 4.74 Å². The highest BCUT2D eigenvalue weighted by atomic mass is 79.9. The first-order valence-electron chi connectivity index (χ1n) is 4.67. The van der Waals surface area contributed by atoms with Crippen molar-refractivity contribution in [2.45, 2.75) is 17.9 Å². The Hall–Kier alpha value is 0.140. The van der Waals surface area contributed by atoms with Crippen LogP contribution in [-0.2, 0) is 5.75 Å². The molecule has 0 N–H and O–H groups in total. The molecule has 1 aromatic carbocycles. The van der Waals surface area contributed by atoms with Gasteiger partial charge in [0.2, 0.25) is 0 Å². The normalized spacial score (nSPS) is 12.5. The van der Waals surface area contributed by atoms with E-state index in [-0.39, 0.29) is 0 Å². The lowest BCUT2D eigenvalue weighted by Crippen LogP contribution is -1.98. The number of thioether (sulfide) groups is 1. The summed E-state index contributed by atoms with van der Waals surface area (Å²) in [5, 5.41) is 0.477. The van der Waals surface area contributed by atoms with E-state index in [4.69, 9.17) is 16.3 Å². The predicted octanol–water partition coefficient (Wildman–Crippen LogP) is 4.32. The zero-order valence-electron chi connectivity index (χ0n) is 8.80. The Morgan fingerprint density at radius 2 is 2.27 bits per heavy atom. The minimum Gasteiger partial charge on any atom is -0.497 e. The molecule has 0 aliphatic heterocycles. The third kappa shape index (κ3) is 4.25. The molecule has 0 aromatic heterocycles. The van der Waals surface area contributed by atoms with E-state index in [1.165, 1.54) is 5.56 Å². The molecule has 0 aliphatic carbocycles. The minimum absolute atomic E-state index is 0.477. The fourth-order valence-corrected chi connectivity index (χ4v) is 2.70. The van der Waals surface area contributed by atoms with Crippen LogP contribution in [0.15, 0.2) is 22.7 Å². The van der Waals surface area contributed by atoms with Crippen LogP contribution in [0.2, 0.25) is 0 Å². The van der Waals surface area contributed by atoms with E-state index >= 15 is 0 Å². The number of hydrogen-bond donors (Lipinski definition) is 0. The maximum absolute atomic E-state index is 5.76. The standard InChI is InChI=1S/C11H14BrClOS/c1-8(6-13)15-7-9-5-10(14-2)3-4-11(9)12/h3-5,8H,6-7H2,1-2H3. The zero-order valence-corrected chi connectivity index (χ0v) is 12.0. The molecule has 4 heteroatoms. The molecule has 84 valence electrons. The molecule has 0 aliphatic rings. The van der Waals surface area contributed by atoms with Gasteiger partial charge >= 0.3 is 0 Å². The first-order chi connectivity index (χ1) is 7.17. The van der Waals surface area contributed by atoms with Gasteiger partial charge in [-0.1, -0.05) is 22.9 Å². The van der Waals surface area contributed by atoms with Gasteiger partial charge in [-0.05, 0) is 23.8 Å². The first-order valence-corrected chi connectivity index (χ1v) is 7.05. The number of hydrogen-bond acceptors (Lipinski definition) is 2. The molecule has 1 rings (SSSR count). The second-order valence-corrected chi connectivity index (χ2v) is 5.82. The molecule has 0 amide bonds. The van der Waals surface area contributed by atoms with Crippen LogP contribution in [0.5, 0.6) is 5.75 Å². The summed E-state index contributed by atoms with van der Waals surface area (Å²) in [6.07, 6.45) is 0. The van der Waals surface area contributed by atoms with Gasteiger partial charge in [-0.3, -0.25) is 0 Å². The average molecular weight is 310 g/mol. The zero-order chi connectivity index (χ0) is 11.3. The summed E-state index contributed by atoms with van der Waals surface area (Å²) in [5.74, 6) is 2.53. The van der Waals surface area contributed by atoms with Crippen LogP contribution in [0.4, 0.5) is 0 Å². The number of halogens is 2. The summed E-state index contributed by atoms with van der Waals surface area (Å²) in [6.45, 7) is 2.13. The maximum Gasteiger partial charge on any atom is 0.119 e. The second-order valence-electron chi connectivity index (χ2n) is 3.23. The molecule has 1 aromatic rings. The van der Waals surface area contributed by atoms with Crippen LogP contribution in [0, 0.1) is 0 Å². The molecule has 1 atom stereocenters. The molecule has 0 fully saturated rings. The van der Waals surface area contributed by atoms with Crippen molar-refractivity contribution in [3.63, 3.8) is 0 Å². The molecule has 0 spiro atoms. The summed E-state index contributed by atoms with van der Waals surface area (Å²) in [4.78, 5) is 0. The maximum atomic E-state index is 5.76. The van der Waals surface area contributed by atoms with Crippen molar-refractivity contribution < 1.29 is 4.74 Å². The molecule has 0 saturated heterocycles. The largest absolute Gasteiger partial charge is 0.497 e. The quantitative estimate of drug-likeness (QED) is 0.749. The van der Waals surface area contributed by atoms with Gasteiger partial charge in [-0.15, -0.1) is 11.6 Å². The van der Waals surface area contributed by atoms with E-state index in [9.17, 15) is 0 Å². The molecule has 15 heavy (non-hydrogen) atoms. The van der Waals surface area contributed by atoms with Crippen molar-refractivity contribution in [3.05, 3.63) is 28.2 Å². The highest BCUT2D eigenvalue weighted by Gasteiger charge is 2.05. The smallest absolute Gasteiger partial charge is 0.119 e. The third-order valence-electron chi connectivity index (χ3n) is 1.99. The Morgan fingerprint density at radius 3 is 2.87 bits per heavy atom. The highest BCUT2D eigenvalue weighted by molar-refractivity contribution is 9.10. The van der Waals surface area contributed by atoms with Crippen molar-refractivity contribution in [1.82, 2.24) is 0 Å². The molecule has 0 radical (unpaired) electrons. The topological polar surface area (TPSA) is 9.23 Å². The van der Waals surface area contributed by atoms with Crippen LogP contribution in [0.3, 0.4) is 0 Å². The van der Waals surface area contributed by atoms with Gasteiger partial charge in [-0.25, -0.2) is 0 Å². The van der Waals surface area contributed by atoms with Gasteiger partial charge in [-0.2, -0.15) is 11.8 Å². The fourth-order valence-electron chi connectivity index (χ4n) is 1.07. The lowest BCUT2D eigenvalue weighted by Gasteiger charge is -2.10. The van der Waals surface area contributed by atoms with E-state index in [0.717, 1.165) is 16.0 Å². The fraction of sp³-hybridized carbons (Fsp3) is 0.455. The predicted molar refractivity (Wildman–Crippen MR) is 72.2 cm³/mol. The van der Waals surface area contributed by atoms with Crippen LogP contribution in [-0.4, -0.2) is 18.2 Å². The molecule has 0 bridgehead atoms. The Labute approximate surface area is 109 Å². The van der Waals surface area contributed by atoms with Crippen LogP contribution in [0.25, 0.3) is 0 Å². The number of ether oxygens (including phenoxy) is 1. The van der Waals surface area contributed by atoms with E-state index in [1.54, 1.807) is 7.11 Å². The molecular formula is C11H14BrClOS. The van der Waals surface area contributed by atoms with E-state index in [1.807, 2.05) is 23.9 Å². The Kier molecular flexibility index (Phi) is 5.87. The first kappa shape index (κ1) is 13.2. The minimum atomic E-state index is 0.477.